The lowest BCUT2D eigenvalue weighted by atomic mass is 10.1. The third-order valence-electron chi connectivity index (χ3n) is 3.63. The third-order valence-corrected chi connectivity index (χ3v) is 4.70. The smallest absolute Gasteiger partial charge is 0.357 e. The summed E-state index contributed by atoms with van der Waals surface area (Å²) >= 11 is 1.63. The van der Waals surface area contributed by atoms with E-state index in [9.17, 15) is 4.79 Å². The number of carbonyl (C=O) groups is 1. The summed E-state index contributed by atoms with van der Waals surface area (Å²) in [6.07, 6.45) is 2.19. The first-order chi connectivity index (χ1) is 9.67. The van der Waals surface area contributed by atoms with Gasteiger partial charge in [0.1, 0.15) is 5.01 Å². The van der Waals surface area contributed by atoms with Crippen molar-refractivity contribution < 1.29 is 9.53 Å². The van der Waals surface area contributed by atoms with Crippen molar-refractivity contribution in [1.82, 2.24) is 15.2 Å². The molecule has 1 aliphatic rings. The molecule has 5 nitrogen and oxygen atoms in total. The standard InChI is InChI=1S/C14H23N3O2S/c1-4-5-11(17-8-6-15-7-9-17)13-16-12(10(2)20-13)14(18)19-3/h11,15H,4-9H2,1-3H3. The van der Waals surface area contributed by atoms with Crippen molar-refractivity contribution in [3.05, 3.63) is 15.6 Å². The van der Waals surface area contributed by atoms with Gasteiger partial charge in [0.2, 0.25) is 0 Å². The average Bonchev–Trinajstić information content (AvgIpc) is 2.86. The first-order valence-electron chi connectivity index (χ1n) is 7.17. The van der Waals surface area contributed by atoms with Gasteiger partial charge >= 0.3 is 5.97 Å². The maximum Gasteiger partial charge on any atom is 0.357 e. The lowest BCUT2D eigenvalue weighted by molar-refractivity contribution is 0.0593. The van der Waals surface area contributed by atoms with E-state index in [0.29, 0.717) is 11.7 Å². The zero-order valence-electron chi connectivity index (χ0n) is 12.4. The molecule has 1 unspecified atom stereocenters. The first-order valence-corrected chi connectivity index (χ1v) is 7.99. The van der Waals surface area contributed by atoms with Gasteiger partial charge in [-0.05, 0) is 13.3 Å². The number of piperazine rings is 1. The number of aromatic nitrogens is 1. The molecule has 0 aliphatic carbocycles. The number of thiazole rings is 1. The molecule has 1 saturated heterocycles. The second kappa shape index (κ2) is 7.15. The summed E-state index contributed by atoms with van der Waals surface area (Å²) in [6, 6.07) is 0.323. The van der Waals surface area contributed by atoms with Crippen LogP contribution in [0.4, 0.5) is 0 Å². The van der Waals surface area contributed by atoms with Gasteiger partial charge in [-0.25, -0.2) is 9.78 Å². The molecule has 2 rings (SSSR count). The van der Waals surface area contributed by atoms with Gasteiger partial charge in [-0.15, -0.1) is 11.3 Å². The Balaban J connectivity index is 2.22. The monoisotopic (exact) mass is 297 g/mol. The van der Waals surface area contributed by atoms with Crippen molar-refractivity contribution in [3.63, 3.8) is 0 Å². The van der Waals surface area contributed by atoms with Crippen LogP contribution < -0.4 is 5.32 Å². The predicted molar refractivity (Wildman–Crippen MR) is 80.3 cm³/mol. The van der Waals surface area contributed by atoms with Gasteiger partial charge in [-0.2, -0.15) is 0 Å². The minimum Gasteiger partial charge on any atom is -0.464 e. The van der Waals surface area contributed by atoms with Gasteiger partial charge < -0.3 is 10.1 Å². The number of methoxy groups -OCH3 is 1. The topological polar surface area (TPSA) is 54.5 Å². The SMILES string of the molecule is CCCC(c1nc(C(=O)OC)c(C)s1)N1CCNCC1. The fraction of sp³-hybridized carbons (Fsp3) is 0.714. The van der Waals surface area contributed by atoms with Crippen molar-refractivity contribution in [1.29, 1.82) is 0 Å². The molecular formula is C14H23N3O2S. The van der Waals surface area contributed by atoms with Gasteiger partial charge in [0, 0.05) is 31.1 Å². The van der Waals surface area contributed by atoms with Crippen LogP contribution in [0, 0.1) is 6.92 Å². The van der Waals surface area contributed by atoms with Gasteiger partial charge in [0.25, 0.3) is 0 Å². The largest absolute Gasteiger partial charge is 0.464 e. The Morgan fingerprint density at radius 1 is 1.50 bits per heavy atom. The van der Waals surface area contributed by atoms with E-state index in [1.165, 1.54) is 7.11 Å². The van der Waals surface area contributed by atoms with Crippen molar-refractivity contribution in [2.75, 3.05) is 33.3 Å². The lowest BCUT2D eigenvalue weighted by Crippen LogP contribution is -2.45. The molecule has 1 N–H and O–H groups in total. The molecule has 1 aromatic heterocycles. The lowest BCUT2D eigenvalue weighted by Gasteiger charge is -2.33. The van der Waals surface area contributed by atoms with Gasteiger partial charge in [0.15, 0.2) is 5.69 Å². The Bertz CT molecular complexity index is 455. The minimum absolute atomic E-state index is 0.323. The first kappa shape index (κ1) is 15.4. The van der Waals surface area contributed by atoms with Crippen LogP contribution in [0.1, 0.15) is 46.2 Å². The summed E-state index contributed by atoms with van der Waals surface area (Å²) < 4.78 is 4.80. The van der Waals surface area contributed by atoms with E-state index in [4.69, 9.17) is 4.74 Å². The van der Waals surface area contributed by atoms with E-state index in [2.05, 4.69) is 22.1 Å². The molecule has 20 heavy (non-hydrogen) atoms. The van der Waals surface area contributed by atoms with Crippen LogP contribution >= 0.6 is 11.3 Å². The fourth-order valence-corrected chi connectivity index (χ4v) is 3.65. The molecule has 6 heteroatoms. The minimum atomic E-state index is -0.333. The van der Waals surface area contributed by atoms with Crippen molar-refractivity contribution >= 4 is 17.3 Å². The van der Waals surface area contributed by atoms with Crippen molar-refractivity contribution in [3.8, 4) is 0 Å². The van der Waals surface area contributed by atoms with Crippen LogP contribution in [0.5, 0.6) is 0 Å². The zero-order valence-corrected chi connectivity index (χ0v) is 13.3. The fourth-order valence-electron chi connectivity index (χ4n) is 2.57. The Hall–Kier alpha value is -0.980. The van der Waals surface area contributed by atoms with E-state index in [1.54, 1.807) is 11.3 Å². The zero-order chi connectivity index (χ0) is 14.5. The second-order valence-corrected chi connectivity index (χ2v) is 6.27. The number of ether oxygens (including phenoxy) is 1. The van der Waals surface area contributed by atoms with Crippen molar-refractivity contribution in [2.24, 2.45) is 0 Å². The van der Waals surface area contributed by atoms with Crippen LogP contribution in [0.3, 0.4) is 0 Å². The van der Waals surface area contributed by atoms with E-state index in [0.717, 1.165) is 48.9 Å². The van der Waals surface area contributed by atoms with Gasteiger partial charge in [0.05, 0.1) is 13.2 Å². The van der Waals surface area contributed by atoms with Gasteiger partial charge in [-0.1, -0.05) is 13.3 Å². The van der Waals surface area contributed by atoms with E-state index < -0.39 is 0 Å². The predicted octanol–water partition coefficient (Wildman–Crippen LogP) is 1.98. The summed E-state index contributed by atoms with van der Waals surface area (Å²) in [7, 11) is 1.40. The molecule has 1 aromatic rings. The summed E-state index contributed by atoms with van der Waals surface area (Å²) in [6.45, 7) is 8.25. The molecule has 0 bridgehead atoms. The van der Waals surface area contributed by atoms with Crippen LogP contribution in [0.2, 0.25) is 0 Å². The number of nitrogens with one attached hydrogen (secondary N) is 1. The van der Waals surface area contributed by atoms with Crippen molar-refractivity contribution in [2.45, 2.75) is 32.7 Å². The number of nitrogens with zero attached hydrogens (tertiary/aromatic N) is 2. The number of hydrogen-bond acceptors (Lipinski definition) is 6. The summed E-state index contributed by atoms with van der Waals surface area (Å²) in [5.41, 5.74) is 0.476. The quantitative estimate of drug-likeness (QED) is 0.842. The summed E-state index contributed by atoms with van der Waals surface area (Å²) in [4.78, 5) is 19.7. The number of hydrogen-bond donors (Lipinski definition) is 1. The number of aryl methyl sites for hydroxylation is 1. The molecule has 1 aliphatic heterocycles. The van der Waals surface area contributed by atoms with E-state index >= 15 is 0 Å². The molecule has 0 spiro atoms. The van der Waals surface area contributed by atoms with E-state index in [-0.39, 0.29) is 5.97 Å². The number of rotatable bonds is 5. The van der Waals surface area contributed by atoms with E-state index in [1.807, 2.05) is 6.92 Å². The number of carbonyl (C=O) groups excluding carboxylic acids is 1. The number of esters is 1. The Morgan fingerprint density at radius 2 is 2.20 bits per heavy atom. The molecule has 1 fully saturated rings. The molecule has 0 saturated carbocycles. The summed E-state index contributed by atoms with van der Waals surface area (Å²) in [5.74, 6) is -0.333. The second-order valence-electron chi connectivity index (χ2n) is 5.04. The Morgan fingerprint density at radius 3 is 2.80 bits per heavy atom. The molecule has 112 valence electrons. The van der Waals surface area contributed by atoms with Gasteiger partial charge in [-0.3, -0.25) is 4.90 Å². The Kier molecular flexibility index (Phi) is 5.51. The van der Waals surface area contributed by atoms with Crippen LogP contribution in [0.15, 0.2) is 0 Å². The summed E-state index contributed by atoms with van der Waals surface area (Å²) in [5, 5.41) is 4.42. The van der Waals surface area contributed by atoms with Crippen LogP contribution in [-0.2, 0) is 4.74 Å². The Labute approximate surface area is 124 Å². The molecule has 0 amide bonds. The third kappa shape index (κ3) is 3.37. The molecule has 1 atom stereocenters. The average molecular weight is 297 g/mol. The van der Waals surface area contributed by atoms with Crippen LogP contribution in [0.25, 0.3) is 0 Å². The van der Waals surface area contributed by atoms with Crippen LogP contribution in [-0.4, -0.2) is 49.1 Å². The normalized spacial score (nSPS) is 17.9. The highest BCUT2D eigenvalue weighted by Gasteiger charge is 2.26. The molecular weight excluding hydrogens is 274 g/mol. The maximum atomic E-state index is 11.7. The highest BCUT2D eigenvalue weighted by molar-refractivity contribution is 7.11. The maximum absolute atomic E-state index is 11.7. The highest BCUT2D eigenvalue weighted by Crippen LogP contribution is 2.31. The molecule has 0 aromatic carbocycles. The highest BCUT2D eigenvalue weighted by atomic mass is 32.1. The molecule has 0 radical (unpaired) electrons. The molecule has 2 heterocycles.